The quantitative estimate of drug-likeness (QED) is 0.0362. The summed E-state index contributed by atoms with van der Waals surface area (Å²) in [5.74, 6) is -17.9. The molecule has 2 saturated heterocycles. The Morgan fingerprint density at radius 2 is 1.09 bits per heavy atom. The van der Waals surface area contributed by atoms with Crippen molar-refractivity contribution in [2.24, 2.45) is 5.92 Å². The van der Waals surface area contributed by atoms with E-state index in [4.69, 9.17) is 28.8 Å². The van der Waals surface area contributed by atoms with Gasteiger partial charge in [-0.25, -0.2) is 19.2 Å². The summed E-state index contributed by atoms with van der Waals surface area (Å²) >= 11 is 0. The van der Waals surface area contributed by atoms with Gasteiger partial charge in [0.25, 0.3) is 17.7 Å². The summed E-state index contributed by atoms with van der Waals surface area (Å²) in [5.41, 5.74) is -2.52. The Hall–Kier alpha value is -8.55. The number of phenolic OH excluding ortho intramolecular Hbond substituents is 6. The number of ether oxygens (including phenoxy) is 5. The van der Waals surface area contributed by atoms with Gasteiger partial charge in [-0.3, -0.25) is 24.0 Å². The lowest BCUT2D eigenvalue weighted by Crippen LogP contribution is -2.56. The number of nitrogens with one attached hydrogen (secondary N) is 5. The van der Waals surface area contributed by atoms with E-state index in [1.807, 2.05) is 0 Å². The third-order valence-electron chi connectivity index (χ3n) is 11.2. The lowest BCUT2D eigenvalue weighted by Gasteiger charge is -2.40. The number of carbonyl (C=O) groups excluding carboxylic acids is 9. The number of aromatic hydroxyl groups is 6. The summed E-state index contributed by atoms with van der Waals surface area (Å²) in [7, 11) is 0. The van der Waals surface area contributed by atoms with Crippen LogP contribution in [0, 0.1) is 5.92 Å². The van der Waals surface area contributed by atoms with Gasteiger partial charge in [-0.1, -0.05) is 19.1 Å². The van der Waals surface area contributed by atoms with Crippen LogP contribution in [0.4, 0.5) is 0 Å². The lowest BCUT2D eigenvalue weighted by atomic mass is 9.90. The number of phenols is 6. The van der Waals surface area contributed by atoms with Crippen molar-refractivity contribution >= 4 is 53.4 Å². The first-order valence-corrected chi connectivity index (χ1v) is 22.1. The molecule has 0 bridgehead atoms. The fourth-order valence-electron chi connectivity index (χ4n) is 6.90. The van der Waals surface area contributed by atoms with Gasteiger partial charge in [-0.15, -0.1) is 0 Å². The molecule has 0 saturated carbocycles. The number of para-hydroxylation sites is 2. The van der Waals surface area contributed by atoms with Gasteiger partial charge in [0.05, 0.1) is 42.4 Å². The summed E-state index contributed by atoms with van der Waals surface area (Å²) in [4.78, 5) is 118. The Kier molecular flexibility index (Phi) is 19.4. The third-order valence-corrected chi connectivity index (χ3v) is 11.2. The van der Waals surface area contributed by atoms with Crippen LogP contribution in [0.15, 0.2) is 48.5 Å². The van der Waals surface area contributed by atoms with Crippen LogP contribution in [0.1, 0.15) is 49.7 Å². The number of hydrogen-bond donors (Lipinski definition) is 16. The normalized spacial score (nSPS) is 22.9. The van der Waals surface area contributed by atoms with Crippen LogP contribution in [0.25, 0.3) is 0 Å². The van der Waals surface area contributed by atoms with Gasteiger partial charge >= 0.3 is 23.9 Å². The smallest absolute Gasteiger partial charge is 0.332 e. The average Bonchev–Trinajstić information content (AvgIpc) is 3.38. The summed E-state index contributed by atoms with van der Waals surface area (Å²) in [6.45, 7) is -5.19. The molecule has 0 spiro atoms. The van der Waals surface area contributed by atoms with Crippen molar-refractivity contribution < 1.29 is 123 Å². The van der Waals surface area contributed by atoms with Crippen molar-refractivity contribution in [3.8, 4) is 34.5 Å². The van der Waals surface area contributed by atoms with Crippen molar-refractivity contribution in [3.63, 3.8) is 0 Å². The highest BCUT2D eigenvalue weighted by Gasteiger charge is 2.46. The van der Waals surface area contributed by atoms with Crippen LogP contribution in [0.2, 0.25) is 0 Å². The molecule has 2 aliphatic rings. The second kappa shape index (κ2) is 25.4. The maximum absolute atomic E-state index is 13.9. The molecule has 10 atom stereocenters. The van der Waals surface area contributed by atoms with E-state index in [1.165, 1.54) is 6.92 Å². The molecule has 2 aliphatic heterocycles. The molecule has 0 radical (unpaired) electrons. The van der Waals surface area contributed by atoms with Crippen LogP contribution >= 0.6 is 0 Å². The second-order valence-electron chi connectivity index (χ2n) is 16.6. The number of aliphatic hydroxyl groups is 5. The highest BCUT2D eigenvalue weighted by atomic mass is 16.6. The number of esters is 4. The van der Waals surface area contributed by atoms with Crippen LogP contribution in [0.5, 0.6) is 34.5 Å². The minimum absolute atomic E-state index is 0.429. The van der Waals surface area contributed by atoms with E-state index in [-0.39, 0.29) is 0 Å². The van der Waals surface area contributed by atoms with E-state index in [0.29, 0.717) is 0 Å². The topological polar surface area (TPSA) is 482 Å². The maximum Gasteiger partial charge on any atom is 0.332 e. The molecule has 30 heteroatoms. The zero-order valence-corrected chi connectivity index (χ0v) is 39.0. The predicted molar refractivity (Wildman–Crippen MR) is 241 cm³/mol. The first kappa shape index (κ1) is 57.4. The molecule has 3 aromatic rings. The summed E-state index contributed by atoms with van der Waals surface area (Å²) in [6, 6.07) is 0.00584. The average molecular weight is 1060 g/mol. The molecular weight excluding hydrogens is 1010 g/mol. The maximum atomic E-state index is 13.9. The zero-order valence-electron chi connectivity index (χ0n) is 39.0. The molecule has 0 aromatic heterocycles. The van der Waals surface area contributed by atoms with E-state index in [9.17, 15) is 94.2 Å². The van der Waals surface area contributed by atoms with E-state index >= 15 is 0 Å². The van der Waals surface area contributed by atoms with Gasteiger partial charge in [0.2, 0.25) is 11.8 Å². The Morgan fingerprint density at radius 3 is 1.56 bits per heavy atom. The number of aliphatic hydroxyl groups excluding tert-OH is 5. The van der Waals surface area contributed by atoms with E-state index in [1.54, 1.807) is 0 Å². The van der Waals surface area contributed by atoms with E-state index in [2.05, 4.69) is 26.6 Å². The fraction of sp³-hybridized carbons (Fsp3) is 0.400. The van der Waals surface area contributed by atoms with Crippen molar-refractivity contribution in [2.75, 3.05) is 46.2 Å². The zero-order chi connectivity index (χ0) is 55.4. The van der Waals surface area contributed by atoms with Crippen LogP contribution < -0.4 is 26.6 Å². The van der Waals surface area contributed by atoms with Gasteiger partial charge < -0.3 is 106 Å². The standard InChI is InChI=1S/C45H51N5O25/c1-17(11-51)38(63)46-10-30(56)47-22(12-52)42(67)74-16-29-34(60)35(61)36(62)37(75-29)18-8-21(33(59)28(55)9-18)41(66)50-25-15-73-44(69)23(48-39(64)19-4-2-6-26(53)31(19)57)13-71-43(68)24(14-72-45(25)70)49-40(65)20-5-3-7-27(54)32(20)58/h2-9,17,22-25,29,34-37,51-55,57-62H,10-16H2,1H3,(H,46,63)(H,47,56)(H,48,64)(H,49,65)(H,50,66)/t17?,22?,23-,24-,25-,29?,34+,35?,36?,37-/m0/s1. The SMILES string of the molecule is CC(CO)C(=O)NCC(=O)NC(CO)C(=O)OCC1O[C@@H](c2cc(O)c(O)c(C(=O)N[C@H]3COC(=O)[C@@H](NC(=O)c4cccc(O)c4O)COC(=O)[C@@H](NC(=O)c4cccc(O)c4O)COC3=O)c2)C(O)C(O)[C@@H]1O. The second-order valence-corrected chi connectivity index (χ2v) is 16.6. The number of hydrogen-bond acceptors (Lipinski definition) is 25. The van der Waals surface area contributed by atoms with Crippen molar-refractivity contribution in [1.82, 2.24) is 26.6 Å². The molecule has 3 aromatic carbocycles. The van der Waals surface area contributed by atoms with Crippen LogP contribution in [0.3, 0.4) is 0 Å². The lowest BCUT2D eigenvalue weighted by molar-refractivity contribution is -0.234. The third kappa shape index (κ3) is 14.2. The molecule has 16 N–H and O–H groups in total. The Balaban J connectivity index is 1.37. The minimum Gasteiger partial charge on any atom is -0.504 e. The van der Waals surface area contributed by atoms with Crippen molar-refractivity contribution in [1.29, 1.82) is 0 Å². The number of benzene rings is 3. The largest absolute Gasteiger partial charge is 0.504 e. The van der Waals surface area contributed by atoms with Crippen molar-refractivity contribution in [2.45, 2.75) is 61.6 Å². The molecule has 2 fully saturated rings. The summed E-state index contributed by atoms with van der Waals surface area (Å²) < 4.78 is 26.3. The molecule has 75 heavy (non-hydrogen) atoms. The van der Waals surface area contributed by atoms with Gasteiger partial charge in [-0.2, -0.15) is 0 Å². The Morgan fingerprint density at radius 1 is 0.627 bits per heavy atom. The summed E-state index contributed by atoms with van der Waals surface area (Å²) in [5, 5.41) is 124. The monoisotopic (exact) mass is 1060 g/mol. The Labute approximate surface area is 421 Å². The molecule has 5 rings (SSSR count). The van der Waals surface area contributed by atoms with Crippen LogP contribution in [-0.4, -0.2) is 204 Å². The van der Waals surface area contributed by atoms with Crippen molar-refractivity contribution in [3.05, 3.63) is 70.8 Å². The molecular formula is C45H51N5O25. The highest BCUT2D eigenvalue weighted by Crippen LogP contribution is 2.39. The summed E-state index contributed by atoms with van der Waals surface area (Å²) in [6.07, 6.45) is -9.81. The molecule has 30 nitrogen and oxygen atoms in total. The molecule has 0 aliphatic carbocycles. The van der Waals surface area contributed by atoms with Gasteiger partial charge in [0.15, 0.2) is 58.7 Å². The Bertz CT molecular complexity index is 2600. The fourth-order valence-corrected chi connectivity index (χ4v) is 6.90. The van der Waals surface area contributed by atoms with Gasteiger partial charge in [0, 0.05) is 0 Å². The van der Waals surface area contributed by atoms with Gasteiger partial charge in [0.1, 0.15) is 56.9 Å². The number of amides is 5. The van der Waals surface area contributed by atoms with E-state index < -0.39 is 217 Å². The minimum atomic E-state index is -2.14. The molecule has 5 amide bonds. The molecule has 2 heterocycles. The number of cyclic esters (lactones) is 3. The molecule has 406 valence electrons. The first-order chi connectivity index (χ1) is 35.5. The number of rotatable bonds is 16. The van der Waals surface area contributed by atoms with Gasteiger partial charge in [-0.05, 0) is 42.0 Å². The highest BCUT2D eigenvalue weighted by molar-refractivity contribution is 6.02. The van der Waals surface area contributed by atoms with E-state index in [0.717, 1.165) is 48.5 Å². The molecule has 5 unspecified atom stereocenters. The number of carbonyl (C=O) groups is 9. The predicted octanol–water partition coefficient (Wildman–Crippen LogP) is -5.45. The first-order valence-electron chi connectivity index (χ1n) is 22.1. The van der Waals surface area contributed by atoms with Crippen LogP contribution in [-0.2, 0) is 52.5 Å².